The molecule has 1 heterocycles. The number of carboxylic acid groups (broad SMARTS) is 1. The van der Waals surface area contributed by atoms with Crippen molar-refractivity contribution in [3.8, 4) is 11.3 Å². The van der Waals surface area contributed by atoms with Crippen molar-refractivity contribution in [1.82, 2.24) is 20.5 Å². The van der Waals surface area contributed by atoms with Gasteiger partial charge in [-0.25, -0.2) is 9.78 Å². The maximum absolute atomic E-state index is 13.3. The van der Waals surface area contributed by atoms with Crippen molar-refractivity contribution in [2.45, 2.75) is 25.7 Å². The predicted molar refractivity (Wildman–Crippen MR) is 139 cm³/mol. The minimum atomic E-state index is -0.980. The molecule has 0 unspecified atom stereocenters. The van der Waals surface area contributed by atoms with E-state index in [4.69, 9.17) is 10.1 Å². The lowest BCUT2D eigenvalue weighted by Gasteiger charge is -2.28. The zero-order valence-corrected chi connectivity index (χ0v) is 20.7. The number of carbonyl (C=O) groups excluding carboxylic acids is 2. The third-order valence-electron chi connectivity index (χ3n) is 6.85. The quantitative estimate of drug-likeness (QED) is 0.456. The van der Waals surface area contributed by atoms with Crippen molar-refractivity contribution < 1.29 is 19.5 Å². The summed E-state index contributed by atoms with van der Waals surface area (Å²) in [6.07, 6.45) is 2.86. The van der Waals surface area contributed by atoms with Crippen molar-refractivity contribution in [1.29, 1.82) is 0 Å². The van der Waals surface area contributed by atoms with Gasteiger partial charge in [0, 0.05) is 43.7 Å². The number of para-hydroxylation sites is 1. The van der Waals surface area contributed by atoms with Crippen LogP contribution < -0.4 is 10.6 Å². The number of pyridine rings is 1. The fraction of sp³-hybridized carbons (Fsp3) is 0.357. The van der Waals surface area contributed by atoms with Gasteiger partial charge in [-0.2, -0.15) is 0 Å². The molecule has 0 bridgehead atoms. The topological polar surface area (TPSA) is 112 Å². The largest absolute Gasteiger partial charge is 0.465 e. The van der Waals surface area contributed by atoms with Crippen molar-refractivity contribution >= 4 is 28.8 Å². The van der Waals surface area contributed by atoms with E-state index in [1.807, 2.05) is 42.5 Å². The highest BCUT2D eigenvalue weighted by Crippen LogP contribution is 2.29. The van der Waals surface area contributed by atoms with Gasteiger partial charge in [0.25, 0.3) is 11.8 Å². The number of hydrogen-bond donors (Lipinski definition) is 3. The Morgan fingerprint density at radius 2 is 1.53 bits per heavy atom. The maximum atomic E-state index is 13.3. The lowest BCUT2D eigenvalue weighted by Crippen LogP contribution is -2.34. The van der Waals surface area contributed by atoms with Crippen LogP contribution in [-0.4, -0.2) is 60.1 Å². The summed E-state index contributed by atoms with van der Waals surface area (Å²) in [5.74, 6) is 0.535. The van der Waals surface area contributed by atoms with E-state index in [0.29, 0.717) is 41.7 Å². The van der Waals surface area contributed by atoms with Crippen molar-refractivity contribution in [2.24, 2.45) is 11.8 Å². The number of benzene rings is 2. The van der Waals surface area contributed by atoms with Crippen LogP contribution in [0.15, 0.2) is 54.6 Å². The second kappa shape index (κ2) is 11.2. The zero-order valence-electron chi connectivity index (χ0n) is 20.7. The Morgan fingerprint density at radius 1 is 0.917 bits per heavy atom. The van der Waals surface area contributed by atoms with Crippen LogP contribution in [0.4, 0.5) is 4.79 Å². The molecule has 1 aromatic heterocycles. The Labute approximate surface area is 210 Å². The minimum Gasteiger partial charge on any atom is -0.465 e. The summed E-state index contributed by atoms with van der Waals surface area (Å²) in [5.41, 5.74) is 3.41. The molecule has 2 aromatic carbocycles. The summed E-state index contributed by atoms with van der Waals surface area (Å²) < 4.78 is 0. The lowest BCUT2D eigenvalue weighted by molar-refractivity contribution is 0.0827. The van der Waals surface area contributed by atoms with Crippen LogP contribution in [0.25, 0.3) is 22.2 Å². The summed E-state index contributed by atoms with van der Waals surface area (Å²) in [4.78, 5) is 42.5. The summed E-state index contributed by atoms with van der Waals surface area (Å²) >= 11 is 0. The maximum Gasteiger partial charge on any atom is 0.404 e. The first kappa shape index (κ1) is 25.2. The van der Waals surface area contributed by atoms with Gasteiger partial charge in [-0.05, 0) is 61.8 Å². The first-order valence-electron chi connectivity index (χ1n) is 12.3. The van der Waals surface area contributed by atoms with Crippen molar-refractivity contribution in [3.05, 3.63) is 65.7 Å². The second-order valence-corrected chi connectivity index (χ2v) is 9.63. The summed E-state index contributed by atoms with van der Waals surface area (Å²) in [6.45, 7) is 1.08. The molecule has 0 radical (unpaired) electrons. The average molecular weight is 489 g/mol. The van der Waals surface area contributed by atoms with Crippen LogP contribution in [0.1, 0.15) is 46.4 Å². The molecular formula is C28H32N4O4. The third-order valence-corrected chi connectivity index (χ3v) is 6.85. The highest BCUT2D eigenvalue weighted by Gasteiger charge is 2.23. The van der Waals surface area contributed by atoms with Crippen LogP contribution in [0, 0.1) is 11.8 Å². The van der Waals surface area contributed by atoms with E-state index in [2.05, 4.69) is 10.6 Å². The number of carbonyl (C=O) groups is 3. The summed E-state index contributed by atoms with van der Waals surface area (Å²) in [5, 5.41) is 15.2. The molecule has 0 atom stereocenters. The monoisotopic (exact) mass is 488 g/mol. The second-order valence-electron chi connectivity index (χ2n) is 9.63. The number of nitrogens with one attached hydrogen (secondary N) is 2. The fourth-order valence-corrected chi connectivity index (χ4v) is 4.76. The SMILES string of the molecule is CN(C)C(=O)c1ccc(-c2cc(C(=O)NCC3CCC(CNC(=O)O)CC3)c3ccccc3n2)cc1. The highest BCUT2D eigenvalue weighted by molar-refractivity contribution is 6.07. The normalized spacial score (nSPS) is 17.4. The molecule has 36 heavy (non-hydrogen) atoms. The molecule has 188 valence electrons. The van der Waals surface area contributed by atoms with E-state index in [1.54, 1.807) is 26.2 Å². The van der Waals surface area contributed by atoms with E-state index in [1.165, 1.54) is 4.90 Å². The van der Waals surface area contributed by atoms with Gasteiger partial charge in [-0.1, -0.05) is 30.3 Å². The van der Waals surface area contributed by atoms with Crippen LogP contribution >= 0.6 is 0 Å². The standard InChI is InChI=1S/C28H32N4O4/c1-32(2)27(34)21-13-11-20(12-14-21)25-15-23(22-5-3-4-6-24(22)31-25)26(33)29-16-18-7-9-19(10-8-18)17-30-28(35)36/h3-6,11-15,18-19,30H,7-10,16-17H2,1-2H3,(H,29,33)(H,35,36). The number of rotatable bonds is 7. The molecule has 3 amide bonds. The number of fused-ring (bicyclic) bond motifs is 1. The molecular weight excluding hydrogens is 456 g/mol. The molecule has 1 aliphatic rings. The fourth-order valence-electron chi connectivity index (χ4n) is 4.76. The Bertz CT molecular complexity index is 1250. The highest BCUT2D eigenvalue weighted by atomic mass is 16.4. The van der Waals surface area contributed by atoms with Gasteiger partial charge >= 0.3 is 6.09 Å². The molecule has 1 aliphatic carbocycles. The molecule has 8 heteroatoms. The number of amides is 3. The number of aromatic nitrogens is 1. The first-order valence-corrected chi connectivity index (χ1v) is 12.3. The van der Waals surface area contributed by atoms with Gasteiger partial charge in [-0.3, -0.25) is 9.59 Å². The van der Waals surface area contributed by atoms with Crippen LogP contribution in [0.2, 0.25) is 0 Å². The lowest BCUT2D eigenvalue weighted by atomic mass is 9.82. The average Bonchev–Trinajstić information content (AvgIpc) is 2.90. The van der Waals surface area contributed by atoms with Crippen molar-refractivity contribution in [2.75, 3.05) is 27.2 Å². The first-order chi connectivity index (χ1) is 17.3. The summed E-state index contributed by atoms with van der Waals surface area (Å²) in [6, 6.07) is 16.7. The van der Waals surface area contributed by atoms with Gasteiger partial charge in [0.1, 0.15) is 0 Å². The molecule has 0 spiro atoms. The summed E-state index contributed by atoms with van der Waals surface area (Å²) in [7, 11) is 3.43. The molecule has 4 rings (SSSR count). The molecule has 0 saturated heterocycles. The molecule has 3 N–H and O–H groups in total. The smallest absolute Gasteiger partial charge is 0.404 e. The Balaban J connectivity index is 1.47. The molecule has 3 aromatic rings. The minimum absolute atomic E-state index is 0.0692. The Hall–Kier alpha value is -3.94. The molecule has 1 fully saturated rings. The van der Waals surface area contributed by atoms with Gasteiger partial charge in [0.05, 0.1) is 16.8 Å². The van der Waals surface area contributed by atoms with E-state index in [0.717, 1.165) is 42.1 Å². The van der Waals surface area contributed by atoms with Crippen LogP contribution in [-0.2, 0) is 0 Å². The molecule has 1 saturated carbocycles. The van der Waals surface area contributed by atoms with E-state index in [-0.39, 0.29) is 11.8 Å². The molecule has 0 aliphatic heterocycles. The number of nitrogens with zero attached hydrogens (tertiary/aromatic N) is 2. The van der Waals surface area contributed by atoms with E-state index in [9.17, 15) is 14.4 Å². The Kier molecular flexibility index (Phi) is 7.83. The van der Waals surface area contributed by atoms with Crippen molar-refractivity contribution in [3.63, 3.8) is 0 Å². The van der Waals surface area contributed by atoms with Gasteiger partial charge in [-0.15, -0.1) is 0 Å². The number of hydrogen-bond acceptors (Lipinski definition) is 4. The van der Waals surface area contributed by atoms with Crippen LogP contribution in [0.5, 0.6) is 0 Å². The van der Waals surface area contributed by atoms with Gasteiger partial charge in [0.2, 0.25) is 0 Å². The van der Waals surface area contributed by atoms with Gasteiger partial charge < -0.3 is 20.6 Å². The van der Waals surface area contributed by atoms with E-state index >= 15 is 0 Å². The zero-order chi connectivity index (χ0) is 25.7. The van der Waals surface area contributed by atoms with E-state index < -0.39 is 6.09 Å². The van der Waals surface area contributed by atoms with Gasteiger partial charge in [0.15, 0.2) is 0 Å². The Morgan fingerprint density at radius 3 is 2.14 bits per heavy atom. The third kappa shape index (κ3) is 6.00. The predicted octanol–water partition coefficient (Wildman–Crippen LogP) is 4.41. The molecule has 8 nitrogen and oxygen atoms in total. The van der Waals surface area contributed by atoms with Crippen LogP contribution in [0.3, 0.4) is 0 Å².